The van der Waals surface area contributed by atoms with Crippen LogP contribution in [0.5, 0.6) is 0 Å². The Morgan fingerprint density at radius 3 is 2.16 bits per heavy atom. The highest BCUT2D eigenvalue weighted by Gasteiger charge is 2.47. The molecule has 1 heterocycles. The van der Waals surface area contributed by atoms with Gasteiger partial charge in [-0.3, -0.25) is 9.59 Å². The van der Waals surface area contributed by atoms with Crippen LogP contribution in [0.2, 0.25) is 15.1 Å². The number of rotatable bonds is 4. The molecule has 1 aliphatic rings. The first-order valence-electron chi connectivity index (χ1n) is 9.42. The third kappa shape index (κ3) is 4.74. The first-order valence-corrected chi connectivity index (χ1v) is 10.6. The van der Waals surface area contributed by atoms with Gasteiger partial charge < -0.3 is 5.32 Å². The number of hydrazine groups is 1. The lowest BCUT2D eigenvalue weighted by Crippen LogP contribution is -2.42. The Balaban J connectivity index is 1.71. The maximum atomic E-state index is 12.9. The molecule has 0 saturated carbocycles. The fraction of sp³-hybridized carbons (Fsp3) is 0.0870. The number of nitrogens with one attached hydrogen (secondary N) is 2. The van der Waals surface area contributed by atoms with Crippen molar-refractivity contribution in [2.45, 2.75) is 12.1 Å². The molecule has 3 aromatic carbocycles. The van der Waals surface area contributed by atoms with E-state index in [-0.39, 0.29) is 11.8 Å². The molecule has 3 aromatic rings. The summed E-state index contributed by atoms with van der Waals surface area (Å²) in [5.74, 6) is -0.721. The fourth-order valence-electron chi connectivity index (χ4n) is 3.40. The van der Waals surface area contributed by atoms with E-state index in [9.17, 15) is 9.59 Å². The number of hydrogen-bond acceptors (Lipinski definition) is 2. The van der Waals surface area contributed by atoms with Gasteiger partial charge in [0, 0.05) is 21.2 Å². The summed E-state index contributed by atoms with van der Waals surface area (Å²) in [6.07, 6.45) is 1.74. The number of carbonyl (C=O) groups is 2. The summed E-state index contributed by atoms with van der Waals surface area (Å²) in [5, 5.41) is 4.47. The molecule has 5 nitrogen and oxygen atoms in total. The number of nitrogens with zero attached hydrogens (tertiary/aromatic N) is 1. The van der Waals surface area contributed by atoms with Crippen molar-refractivity contribution in [3.63, 3.8) is 0 Å². The van der Waals surface area contributed by atoms with Crippen molar-refractivity contribution in [1.29, 1.82) is 0 Å². The van der Waals surface area contributed by atoms with E-state index in [0.29, 0.717) is 20.6 Å². The molecule has 0 aromatic heterocycles. The van der Waals surface area contributed by atoms with E-state index in [4.69, 9.17) is 34.8 Å². The maximum Gasteiger partial charge on any atom is 0.304 e. The highest BCUT2D eigenvalue weighted by atomic mass is 35.5. The smallest absolute Gasteiger partial charge is 0.304 e. The molecule has 0 aliphatic carbocycles. The average molecular weight is 474 g/mol. The number of hydrogen-bond donors (Lipinski definition) is 2. The van der Waals surface area contributed by atoms with E-state index in [0.717, 1.165) is 11.1 Å². The number of carbonyl (C=O) groups excluding carboxylic acids is 2. The zero-order valence-electron chi connectivity index (χ0n) is 16.1. The van der Waals surface area contributed by atoms with Gasteiger partial charge in [-0.15, -0.1) is 10.1 Å². The van der Waals surface area contributed by atoms with Crippen molar-refractivity contribution in [2.75, 3.05) is 0 Å². The molecular formula is C23H17Cl3N3O2+. The van der Waals surface area contributed by atoms with Crippen molar-refractivity contribution < 1.29 is 14.3 Å². The number of amides is 2. The van der Waals surface area contributed by atoms with Gasteiger partial charge in [-0.25, -0.2) is 0 Å². The standard InChI is InChI=1S/C23H16Cl3N3O2/c24-17-9-5-14(6-10-17)21-20(27-22(30)15-7-11-18(25)12-8-15)23(31)28-29(21)13-16-3-1-2-4-19(16)26/h1-13,20-21H,(H-,27,28,30,31)/p+1/b29-13-/t20-,21-/m1/s1. The van der Waals surface area contributed by atoms with E-state index in [1.807, 2.05) is 30.3 Å². The summed E-state index contributed by atoms with van der Waals surface area (Å²) in [7, 11) is 0. The first kappa shape index (κ1) is 21.4. The molecule has 1 fully saturated rings. The van der Waals surface area contributed by atoms with Crippen LogP contribution in [0.15, 0.2) is 72.8 Å². The SMILES string of the molecule is O=C(N[C@H]1C(=O)N/[N+](=C\c2ccccc2Cl)[C@@H]1c1ccc(Cl)cc1)c1ccc(Cl)cc1. The lowest BCUT2D eigenvalue weighted by molar-refractivity contribution is -0.596. The van der Waals surface area contributed by atoms with E-state index >= 15 is 0 Å². The third-order valence-corrected chi connectivity index (χ3v) is 5.77. The number of halogens is 3. The van der Waals surface area contributed by atoms with Gasteiger partial charge in [-0.1, -0.05) is 59.1 Å². The van der Waals surface area contributed by atoms with Crippen molar-refractivity contribution in [1.82, 2.24) is 10.7 Å². The van der Waals surface area contributed by atoms with Crippen LogP contribution in [0.3, 0.4) is 0 Å². The zero-order valence-corrected chi connectivity index (χ0v) is 18.3. The Morgan fingerprint density at radius 2 is 1.52 bits per heavy atom. The summed E-state index contributed by atoms with van der Waals surface area (Å²) in [5.41, 5.74) is 4.75. The lowest BCUT2D eigenvalue weighted by atomic mass is 10.00. The Morgan fingerprint density at radius 1 is 0.903 bits per heavy atom. The van der Waals surface area contributed by atoms with Crippen LogP contribution in [0, 0.1) is 0 Å². The zero-order chi connectivity index (χ0) is 22.0. The van der Waals surface area contributed by atoms with Crippen LogP contribution in [0.1, 0.15) is 27.5 Å². The molecule has 0 radical (unpaired) electrons. The third-order valence-electron chi connectivity index (χ3n) is 4.93. The summed E-state index contributed by atoms with van der Waals surface area (Å²) in [6.45, 7) is 0. The van der Waals surface area contributed by atoms with Crippen LogP contribution in [-0.4, -0.2) is 28.8 Å². The number of benzene rings is 3. The van der Waals surface area contributed by atoms with Gasteiger partial charge in [0.25, 0.3) is 5.91 Å². The quantitative estimate of drug-likeness (QED) is 0.541. The van der Waals surface area contributed by atoms with Gasteiger partial charge in [0.2, 0.25) is 12.3 Å². The summed E-state index contributed by atoms with van der Waals surface area (Å²) < 4.78 is 1.65. The molecule has 1 saturated heterocycles. The second-order valence-corrected chi connectivity index (χ2v) is 8.27. The van der Waals surface area contributed by atoms with Gasteiger partial charge in [-0.05, 0) is 48.5 Å². The van der Waals surface area contributed by atoms with Crippen LogP contribution in [-0.2, 0) is 4.79 Å². The van der Waals surface area contributed by atoms with Crippen LogP contribution in [0.25, 0.3) is 0 Å². The van der Waals surface area contributed by atoms with Crippen molar-refractivity contribution in [2.24, 2.45) is 0 Å². The molecule has 156 valence electrons. The van der Waals surface area contributed by atoms with Crippen molar-refractivity contribution in [3.05, 3.63) is 105 Å². The molecule has 0 spiro atoms. The van der Waals surface area contributed by atoms with Gasteiger partial charge in [0.15, 0.2) is 6.04 Å². The molecule has 0 unspecified atom stereocenters. The molecule has 31 heavy (non-hydrogen) atoms. The van der Waals surface area contributed by atoms with Crippen LogP contribution >= 0.6 is 34.8 Å². The molecule has 1 aliphatic heterocycles. The van der Waals surface area contributed by atoms with Crippen LogP contribution < -0.4 is 10.7 Å². The molecule has 2 atom stereocenters. The fourth-order valence-corrected chi connectivity index (χ4v) is 3.83. The highest BCUT2D eigenvalue weighted by Crippen LogP contribution is 2.27. The van der Waals surface area contributed by atoms with E-state index in [1.54, 1.807) is 53.4 Å². The minimum absolute atomic E-state index is 0.342. The van der Waals surface area contributed by atoms with Gasteiger partial charge >= 0.3 is 5.91 Å². The predicted octanol–water partition coefficient (Wildman–Crippen LogP) is 4.66. The predicted molar refractivity (Wildman–Crippen MR) is 122 cm³/mol. The lowest BCUT2D eigenvalue weighted by Gasteiger charge is -2.15. The highest BCUT2D eigenvalue weighted by molar-refractivity contribution is 6.33. The summed E-state index contributed by atoms with van der Waals surface area (Å²) >= 11 is 18.3. The number of hydrazone groups is 1. The molecule has 0 bridgehead atoms. The Hall–Kier alpha value is -2.86. The minimum Gasteiger partial charge on any atom is -0.334 e. The Bertz CT molecular complexity index is 1160. The molecule has 4 rings (SSSR count). The molecule has 2 amide bonds. The monoisotopic (exact) mass is 472 g/mol. The maximum absolute atomic E-state index is 12.9. The normalized spacial score (nSPS) is 19.3. The Kier molecular flexibility index (Phi) is 6.28. The minimum atomic E-state index is -0.844. The largest absolute Gasteiger partial charge is 0.334 e. The van der Waals surface area contributed by atoms with Gasteiger partial charge in [0.05, 0.1) is 10.6 Å². The molecular weight excluding hydrogens is 457 g/mol. The molecule has 8 heteroatoms. The van der Waals surface area contributed by atoms with Gasteiger partial charge in [-0.2, -0.15) is 0 Å². The topological polar surface area (TPSA) is 61.2 Å². The second-order valence-electron chi connectivity index (χ2n) is 6.99. The summed E-state index contributed by atoms with van der Waals surface area (Å²) in [4.78, 5) is 25.7. The average Bonchev–Trinajstić information content (AvgIpc) is 3.05. The Labute approximate surface area is 194 Å². The van der Waals surface area contributed by atoms with E-state index < -0.39 is 12.1 Å². The van der Waals surface area contributed by atoms with Gasteiger partial charge in [0.1, 0.15) is 0 Å². The van der Waals surface area contributed by atoms with Crippen molar-refractivity contribution >= 4 is 52.8 Å². The van der Waals surface area contributed by atoms with Crippen molar-refractivity contribution in [3.8, 4) is 0 Å². The second kappa shape index (κ2) is 9.10. The van der Waals surface area contributed by atoms with E-state index in [2.05, 4.69) is 10.7 Å². The van der Waals surface area contributed by atoms with Crippen LogP contribution in [0.4, 0.5) is 0 Å². The first-order chi connectivity index (χ1) is 14.9. The van der Waals surface area contributed by atoms with E-state index in [1.165, 1.54) is 0 Å². The molecule has 2 N–H and O–H groups in total. The summed E-state index contributed by atoms with van der Waals surface area (Å²) in [6, 6.07) is 19.5.